The summed E-state index contributed by atoms with van der Waals surface area (Å²) in [5, 5.41) is 7.56. The highest BCUT2D eigenvalue weighted by Crippen LogP contribution is 2.38. The van der Waals surface area contributed by atoms with Crippen molar-refractivity contribution in [3.63, 3.8) is 0 Å². The molecule has 7 heteroatoms. The van der Waals surface area contributed by atoms with Gasteiger partial charge in [-0.2, -0.15) is 5.10 Å². The van der Waals surface area contributed by atoms with Crippen LogP contribution < -0.4 is 15.6 Å². The van der Waals surface area contributed by atoms with Crippen molar-refractivity contribution >= 4 is 23.2 Å². The summed E-state index contributed by atoms with van der Waals surface area (Å²) in [5.41, 5.74) is 1.00. The summed E-state index contributed by atoms with van der Waals surface area (Å²) in [6.07, 6.45) is 2.15. The predicted octanol–water partition coefficient (Wildman–Crippen LogP) is 2.98. The van der Waals surface area contributed by atoms with Crippen LogP contribution in [0.2, 0.25) is 5.02 Å². The first-order valence-corrected chi connectivity index (χ1v) is 8.11. The minimum atomic E-state index is -0.750. The van der Waals surface area contributed by atoms with Crippen LogP contribution in [0.15, 0.2) is 35.1 Å². The molecule has 1 saturated carbocycles. The molecular formula is C17H18ClN3O3. The number of hydrogen-bond donors (Lipinski definition) is 1. The molecule has 1 amide bonds. The van der Waals surface area contributed by atoms with Crippen LogP contribution in [0, 0.1) is 0 Å². The molecule has 3 rings (SSSR count). The number of halogens is 1. The summed E-state index contributed by atoms with van der Waals surface area (Å²) < 4.78 is 6.43. The fourth-order valence-corrected chi connectivity index (χ4v) is 2.61. The number of nitrogens with one attached hydrogen (secondary N) is 1. The third-order valence-corrected chi connectivity index (χ3v) is 4.24. The lowest BCUT2D eigenvalue weighted by molar-refractivity contribution is -0.119. The monoisotopic (exact) mass is 347 g/mol. The van der Waals surface area contributed by atoms with Crippen molar-refractivity contribution in [1.82, 2.24) is 9.78 Å². The molecule has 1 atom stereocenters. The van der Waals surface area contributed by atoms with Crippen molar-refractivity contribution in [2.45, 2.75) is 31.7 Å². The zero-order valence-corrected chi connectivity index (χ0v) is 14.2. The SMILES string of the molecule is COc1ccc(Cl)cc1NC(=O)[C@@H](C)n1nc(C2CC2)ccc1=O. The quantitative estimate of drug-likeness (QED) is 0.902. The predicted molar refractivity (Wildman–Crippen MR) is 91.8 cm³/mol. The Hall–Kier alpha value is -2.34. The summed E-state index contributed by atoms with van der Waals surface area (Å²) >= 11 is 5.97. The molecule has 1 heterocycles. The molecule has 1 fully saturated rings. The summed E-state index contributed by atoms with van der Waals surface area (Å²) in [6.45, 7) is 1.64. The van der Waals surface area contributed by atoms with Gasteiger partial charge in [0.05, 0.1) is 18.5 Å². The van der Waals surface area contributed by atoms with E-state index in [2.05, 4.69) is 10.4 Å². The van der Waals surface area contributed by atoms with Gasteiger partial charge in [-0.1, -0.05) is 11.6 Å². The molecule has 1 aromatic heterocycles. The molecule has 0 unspecified atom stereocenters. The van der Waals surface area contributed by atoms with E-state index in [1.165, 1.54) is 17.9 Å². The first kappa shape index (κ1) is 16.5. The molecule has 126 valence electrons. The van der Waals surface area contributed by atoms with Crippen molar-refractivity contribution in [2.24, 2.45) is 0 Å². The molecule has 0 bridgehead atoms. The van der Waals surface area contributed by atoms with E-state index in [4.69, 9.17) is 16.3 Å². The number of amides is 1. The molecular weight excluding hydrogens is 330 g/mol. The second-order valence-electron chi connectivity index (χ2n) is 5.83. The lowest BCUT2D eigenvalue weighted by Gasteiger charge is -2.16. The lowest BCUT2D eigenvalue weighted by Crippen LogP contribution is -2.33. The Balaban J connectivity index is 1.84. The second kappa shape index (κ2) is 6.65. The van der Waals surface area contributed by atoms with Crippen molar-refractivity contribution in [3.8, 4) is 5.75 Å². The van der Waals surface area contributed by atoms with Crippen molar-refractivity contribution < 1.29 is 9.53 Å². The normalized spacial score (nSPS) is 15.0. The van der Waals surface area contributed by atoms with Crippen molar-refractivity contribution in [1.29, 1.82) is 0 Å². The third-order valence-electron chi connectivity index (χ3n) is 4.01. The maximum atomic E-state index is 12.5. The highest BCUT2D eigenvalue weighted by molar-refractivity contribution is 6.31. The van der Waals surface area contributed by atoms with E-state index in [0.717, 1.165) is 18.5 Å². The zero-order chi connectivity index (χ0) is 17.3. The van der Waals surface area contributed by atoms with Gasteiger partial charge in [-0.3, -0.25) is 9.59 Å². The zero-order valence-electron chi connectivity index (χ0n) is 13.5. The summed E-state index contributed by atoms with van der Waals surface area (Å²) in [7, 11) is 1.51. The summed E-state index contributed by atoms with van der Waals surface area (Å²) in [4.78, 5) is 24.6. The van der Waals surface area contributed by atoms with Crippen LogP contribution >= 0.6 is 11.6 Å². The average molecular weight is 348 g/mol. The molecule has 6 nitrogen and oxygen atoms in total. The van der Waals surface area contributed by atoms with E-state index in [0.29, 0.717) is 22.4 Å². The molecule has 0 aliphatic heterocycles. The summed E-state index contributed by atoms with van der Waals surface area (Å²) in [5.74, 6) is 0.533. The van der Waals surface area contributed by atoms with E-state index >= 15 is 0 Å². The number of nitrogens with zero attached hydrogens (tertiary/aromatic N) is 2. The van der Waals surface area contributed by atoms with Crippen LogP contribution in [-0.2, 0) is 4.79 Å². The number of hydrogen-bond acceptors (Lipinski definition) is 4. The highest BCUT2D eigenvalue weighted by Gasteiger charge is 2.27. The molecule has 0 radical (unpaired) electrons. The van der Waals surface area contributed by atoms with Gasteiger partial charge in [0, 0.05) is 17.0 Å². The Morgan fingerprint density at radius 2 is 2.12 bits per heavy atom. The van der Waals surface area contributed by atoms with Gasteiger partial charge in [-0.15, -0.1) is 0 Å². The van der Waals surface area contributed by atoms with Gasteiger partial charge in [0.25, 0.3) is 5.56 Å². The van der Waals surface area contributed by atoms with E-state index in [1.807, 2.05) is 0 Å². The van der Waals surface area contributed by atoms with Gasteiger partial charge in [-0.25, -0.2) is 4.68 Å². The van der Waals surface area contributed by atoms with Gasteiger partial charge < -0.3 is 10.1 Å². The van der Waals surface area contributed by atoms with E-state index in [9.17, 15) is 9.59 Å². The average Bonchev–Trinajstić information content (AvgIpc) is 3.40. The maximum absolute atomic E-state index is 12.5. The van der Waals surface area contributed by atoms with Crippen molar-refractivity contribution in [2.75, 3.05) is 12.4 Å². The number of aromatic nitrogens is 2. The first-order chi connectivity index (χ1) is 11.5. The fraction of sp³-hybridized carbons (Fsp3) is 0.353. The second-order valence-corrected chi connectivity index (χ2v) is 6.26. The minimum absolute atomic E-state index is 0.305. The number of carbonyl (C=O) groups excluding carboxylic acids is 1. The Kier molecular flexibility index (Phi) is 4.57. The molecule has 24 heavy (non-hydrogen) atoms. The van der Waals surface area contributed by atoms with E-state index in [-0.39, 0.29) is 11.5 Å². The molecule has 0 saturated heterocycles. The molecule has 1 aliphatic rings. The van der Waals surface area contributed by atoms with E-state index < -0.39 is 6.04 Å². The minimum Gasteiger partial charge on any atom is -0.495 e. The molecule has 0 spiro atoms. The molecule has 1 N–H and O–H groups in total. The van der Waals surface area contributed by atoms with Crippen LogP contribution in [0.4, 0.5) is 5.69 Å². The fourth-order valence-electron chi connectivity index (χ4n) is 2.44. The van der Waals surface area contributed by atoms with Crippen LogP contribution in [-0.4, -0.2) is 22.8 Å². The van der Waals surface area contributed by atoms with Gasteiger partial charge in [0.1, 0.15) is 11.8 Å². The standard InChI is InChI=1S/C17H18ClN3O3/c1-10(21-16(22)8-6-13(20-21)11-3-4-11)17(23)19-14-9-12(18)5-7-15(14)24-2/h5-11H,3-4H2,1-2H3,(H,19,23)/t10-/m1/s1. The first-order valence-electron chi connectivity index (χ1n) is 7.73. The smallest absolute Gasteiger partial charge is 0.267 e. The Morgan fingerprint density at radius 1 is 1.38 bits per heavy atom. The summed E-state index contributed by atoms with van der Waals surface area (Å²) in [6, 6.07) is 7.39. The van der Waals surface area contributed by atoms with E-state index in [1.54, 1.807) is 31.2 Å². The Labute approximate surface area is 144 Å². The Morgan fingerprint density at radius 3 is 2.79 bits per heavy atom. The number of benzene rings is 1. The molecule has 1 aromatic carbocycles. The van der Waals surface area contributed by atoms with Gasteiger partial charge in [0.15, 0.2) is 0 Å². The van der Waals surface area contributed by atoms with Crippen LogP contribution in [0.1, 0.15) is 37.4 Å². The lowest BCUT2D eigenvalue weighted by atomic mass is 10.2. The number of methoxy groups -OCH3 is 1. The topological polar surface area (TPSA) is 73.2 Å². The third kappa shape index (κ3) is 3.43. The highest BCUT2D eigenvalue weighted by atomic mass is 35.5. The van der Waals surface area contributed by atoms with Crippen LogP contribution in [0.25, 0.3) is 0 Å². The number of anilines is 1. The van der Waals surface area contributed by atoms with Crippen LogP contribution in [0.3, 0.4) is 0 Å². The van der Waals surface area contributed by atoms with Gasteiger partial charge in [0.2, 0.25) is 5.91 Å². The number of carbonyl (C=O) groups is 1. The van der Waals surface area contributed by atoms with Crippen molar-refractivity contribution in [3.05, 3.63) is 51.4 Å². The van der Waals surface area contributed by atoms with Crippen LogP contribution in [0.5, 0.6) is 5.75 Å². The Bertz CT molecular complexity index is 830. The number of rotatable bonds is 5. The maximum Gasteiger partial charge on any atom is 0.267 e. The van der Waals surface area contributed by atoms with Gasteiger partial charge in [-0.05, 0) is 44.0 Å². The molecule has 1 aliphatic carbocycles. The largest absolute Gasteiger partial charge is 0.495 e. The molecule has 2 aromatic rings. The van der Waals surface area contributed by atoms with Gasteiger partial charge >= 0.3 is 0 Å². The number of ether oxygens (including phenoxy) is 1.